The van der Waals surface area contributed by atoms with Crippen molar-refractivity contribution >= 4 is 44.2 Å². The highest BCUT2D eigenvalue weighted by molar-refractivity contribution is 7.08. The van der Waals surface area contributed by atoms with E-state index in [1.807, 2.05) is 18.3 Å². The molecule has 4 heterocycles. The van der Waals surface area contributed by atoms with Crippen LogP contribution in [-0.2, 0) is 7.05 Å². The fraction of sp³-hybridized carbons (Fsp3) is 0.0286. The highest BCUT2D eigenvalue weighted by atomic mass is 32.1. The molecule has 0 saturated carbocycles. The highest BCUT2D eigenvalue weighted by Gasteiger charge is 2.17. The summed E-state index contributed by atoms with van der Waals surface area (Å²) in [5.74, 6) is 0.957. The monoisotopic (exact) mass is 532 g/mol. The minimum Gasteiger partial charge on any atom is -0.327 e. The Balaban J connectivity index is 1.33. The van der Waals surface area contributed by atoms with Gasteiger partial charge in [0.15, 0.2) is 0 Å². The SMILES string of the molecule is Cn1c(-c2ccc3c4ccccc4n(-c4cccc(-c5ccccn5)c4)c3c2)nc2ccc(-c3ccsc3)cc21. The van der Waals surface area contributed by atoms with Gasteiger partial charge in [-0.3, -0.25) is 4.98 Å². The number of benzene rings is 4. The normalized spacial score (nSPS) is 11.6. The van der Waals surface area contributed by atoms with Crippen molar-refractivity contribution in [2.45, 2.75) is 0 Å². The van der Waals surface area contributed by atoms with Crippen LogP contribution >= 0.6 is 11.3 Å². The Morgan fingerprint density at radius 1 is 0.625 bits per heavy atom. The van der Waals surface area contributed by atoms with E-state index in [2.05, 4.69) is 129 Å². The predicted octanol–water partition coefficient (Wildman–Crippen LogP) is 9.13. The van der Waals surface area contributed by atoms with Crippen LogP contribution in [0.2, 0.25) is 0 Å². The summed E-state index contributed by atoms with van der Waals surface area (Å²) in [5.41, 5.74) is 11.2. The number of pyridine rings is 1. The number of hydrogen-bond acceptors (Lipinski definition) is 3. The molecule has 0 radical (unpaired) electrons. The first-order chi connectivity index (χ1) is 19.7. The molecular weight excluding hydrogens is 508 g/mol. The molecule has 0 aliphatic rings. The zero-order chi connectivity index (χ0) is 26.6. The molecule has 4 aromatic carbocycles. The molecule has 0 bridgehead atoms. The van der Waals surface area contributed by atoms with Gasteiger partial charge in [-0.15, -0.1) is 0 Å². The van der Waals surface area contributed by atoms with Gasteiger partial charge in [-0.25, -0.2) is 4.98 Å². The van der Waals surface area contributed by atoms with Crippen molar-refractivity contribution in [2.75, 3.05) is 0 Å². The molecule has 0 fully saturated rings. The average Bonchev–Trinajstić information content (AvgIpc) is 3.74. The van der Waals surface area contributed by atoms with Crippen LogP contribution in [0.1, 0.15) is 0 Å². The molecule has 8 rings (SSSR count). The molecule has 190 valence electrons. The van der Waals surface area contributed by atoms with E-state index in [1.54, 1.807) is 11.3 Å². The van der Waals surface area contributed by atoms with Crippen LogP contribution < -0.4 is 0 Å². The van der Waals surface area contributed by atoms with Gasteiger partial charge in [0, 0.05) is 40.8 Å². The lowest BCUT2D eigenvalue weighted by Gasteiger charge is -2.11. The van der Waals surface area contributed by atoms with E-state index >= 15 is 0 Å². The van der Waals surface area contributed by atoms with Crippen molar-refractivity contribution in [3.8, 4) is 39.5 Å². The van der Waals surface area contributed by atoms with Crippen LogP contribution in [0.25, 0.3) is 72.3 Å². The van der Waals surface area contributed by atoms with Crippen molar-refractivity contribution in [1.82, 2.24) is 19.1 Å². The van der Waals surface area contributed by atoms with Crippen molar-refractivity contribution < 1.29 is 0 Å². The quantitative estimate of drug-likeness (QED) is 0.227. The zero-order valence-corrected chi connectivity index (χ0v) is 22.6. The number of thiophene rings is 1. The lowest BCUT2D eigenvalue weighted by atomic mass is 10.1. The number of nitrogens with zero attached hydrogens (tertiary/aromatic N) is 4. The van der Waals surface area contributed by atoms with Gasteiger partial charge in [0.1, 0.15) is 5.82 Å². The maximum atomic E-state index is 5.07. The number of para-hydroxylation sites is 1. The molecule has 4 aromatic heterocycles. The molecule has 5 heteroatoms. The van der Waals surface area contributed by atoms with E-state index in [1.165, 1.54) is 27.4 Å². The summed E-state index contributed by atoms with van der Waals surface area (Å²) in [6, 6.07) is 38.7. The second kappa shape index (κ2) is 9.04. The van der Waals surface area contributed by atoms with E-state index in [9.17, 15) is 0 Å². The topological polar surface area (TPSA) is 35.6 Å². The maximum Gasteiger partial charge on any atom is 0.140 e. The van der Waals surface area contributed by atoms with Gasteiger partial charge in [0.2, 0.25) is 0 Å². The van der Waals surface area contributed by atoms with Crippen LogP contribution in [-0.4, -0.2) is 19.1 Å². The first-order valence-electron chi connectivity index (χ1n) is 13.3. The molecule has 0 atom stereocenters. The molecule has 0 N–H and O–H groups in total. The third-order valence-corrected chi connectivity index (χ3v) is 8.42. The Morgan fingerprint density at radius 3 is 2.35 bits per heavy atom. The summed E-state index contributed by atoms with van der Waals surface area (Å²) >= 11 is 1.72. The fourth-order valence-electron chi connectivity index (χ4n) is 5.78. The molecule has 0 aliphatic heterocycles. The molecule has 0 unspecified atom stereocenters. The molecule has 0 aliphatic carbocycles. The van der Waals surface area contributed by atoms with Crippen molar-refractivity contribution in [2.24, 2.45) is 7.05 Å². The Labute approximate surface area is 235 Å². The van der Waals surface area contributed by atoms with Gasteiger partial charge in [-0.05, 0) is 76.5 Å². The van der Waals surface area contributed by atoms with Crippen molar-refractivity contribution in [1.29, 1.82) is 0 Å². The second-order valence-electron chi connectivity index (χ2n) is 10.1. The number of aromatic nitrogens is 4. The molecule has 8 aromatic rings. The average molecular weight is 533 g/mol. The Hall–Kier alpha value is -5.00. The maximum absolute atomic E-state index is 5.07. The van der Waals surface area contributed by atoms with E-state index in [0.717, 1.165) is 44.9 Å². The number of aryl methyl sites for hydroxylation is 1. The van der Waals surface area contributed by atoms with E-state index in [-0.39, 0.29) is 0 Å². The zero-order valence-electron chi connectivity index (χ0n) is 21.8. The molecular formula is C35H24N4S. The number of hydrogen-bond donors (Lipinski definition) is 0. The van der Waals surface area contributed by atoms with Crippen LogP contribution in [0.15, 0.2) is 126 Å². The van der Waals surface area contributed by atoms with Gasteiger partial charge >= 0.3 is 0 Å². The number of imidazole rings is 1. The summed E-state index contributed by atoms with van der Waals surface area (Å²) in [6.07, 6.45) is 1.84. The first kappa shape index (κ1) is 22.9. The summed E-state index contributed by atoms with van der Waals surface area (Å²) in [6.45, 7) is 0. The molecule has 0 saturated heterocycles. The number of rotatable bonds is 4. The van der Waals surface area contributed by atoms with Crippen molar-refractivity contribution in [3.63, 3.8) is 0 Å². The van der Waals surface area contributed by atoms with Crippen LogP contribution in [0.5, 0.6) is 0 Å². The Kier molecular flexibility index (Phi) is 5.18. The largest absolute Gasteiger partial charge is 0.327 e. The van der Waals surface area contributed by atoms with Crippen molar-refractivity contribution in [3.05, 3.63) is 126 Å². The van der Waals surface area contributed by atoms with Crippen LogP contribution in [0.3, 0.4) is 0 Å². The van der Waals surface area contributed by atoms with Gasteiger partial charge in [-0.1, -0.05) is 54.6 Å². The second-order valence-corrected chi connectivity index (χ2v) is 10.8. The summed E-state index contributed by atoms with van der Waals surface area (Å²) < 4.78 is 4.57. The highest BCUT2D eigenvalue weighted by Crippen LogP contribution is 2.36. The summed E-state index contributed by atoms with van der Waals surface area (Å²) in [7, 11) is 2.11. The third-order valence-electron chi connectivity index (χ3n) is 7.73. The molecule has 0 spiro atoms. The van der Waals surface area contributed by atoms with Crippen LogP contribution in [0.4, 0.5) is 0 Å². The standard InChI is InChI=1S/C35H24N4S/c1-38-34-20-23(26-16-18-40-22-26)13-15-31(34)37-35(38)25-12-14-29-28-9-2-3-11-32(28)39(33(29)21-25)27-8-6-7-24(19-27)30-10-4-5-17-36-30/h2-22H,1H3. The van der Waals surface area contributed by atoms with Gasteiger partial charge in [0.05, 0.1) is 27.8 Å². The van der Waals surface area contributed by atoms with E-state index in [4.69, 9.17) is 4.98 Å². The van der Waals surface area contributed by atoms with E-state index in [0.29, 0.717) is 0 Å². The Morgan fingerprint density at radius 2 is 1.48 bits per heavy atom. The van der Waals surface area contributed by atoms with Gasteiger partial charge in [-0.2, -0.15) is 11.3 Å². The lowest BCUT2D eigenvalue weighted by Crippen LogP contribution is -1.96. The first-order valence-corrected chi connectivity index (χ1v) is 14.2. The number of fused-ring (bicyclic) bond motifs is 4. The smallest absolute Gasteiger partial charge is 0.140 e. The van der Waals surface area contributed by atoms with Gasteiger partial charge in [0.25, 0.3) is 0 Å². The summed E-state index contributed by atoms with van der Waals surface area (Å²) in [5, 5.41) is 6.77. The minimum absolute atomic E-state index is 0.957. The lowest BCUT2D eigenvalue weighted by molar-refractivity contribution is 0.959. The molecule has 40 heavy (non-hydrogen) atoms. The molecule has 4 nitrogen and oxygen atoms in total. The van der Waals surface area contributed by atoms with Crippen LogP contribution in [0, 0.1) is 0 Å². The van der Waals surface area contributed by atoms with E-state index < -0.39 is 0 Å². The third kappa shape index (κ3) is 3.59. The predicted molar refractivity (Wildman–Crippen MR) is 167 cm³/mol. The van der Waals surface area contributed by atoms with Gasteiger partial charge < -0.3 is 9.13 Å². The molecule has 0 amide bonds. The Bertz CT molecular complexity index is 2170. The fourth-order valence-corrected chi connectivity index (χ4v) is 6.45. The minimum atomic E-state index is 0.957. The summed E-state index contributed by atoms with van der Waals surface area (Å²) in [4.78, 5) is 9.65.